The van der Waals surface area contributed by atoms with Crippen LogP contribution in [0.25, 0.3) is 0 Å². The first-order valence-electron chi connectivity index (χ1n) is 9.52. The Labute approximate surface area is 173 Å². The van der Waals surface area contributed by atoms with Crippen LogP contribution in [0, 0.1) is 5.82 Å². The summed E-state index contributed by atoms with van der Waals surface area (Å²) in [5.41, 5.74) is 0.183. The zero-order valence-corrected chi connectivity index (χ0v) is 17.5. The third kappa shape index (κ3) is 5.57. The van der Waals surface area contributed by atoms with E-state index >= 15 is 0 Å². The number of carbonyl (C=O) groups is 2. The molecule has 0 radical (unpaired) electrons. The molecule has 2 heterocycles. The van der Waals surface area contributed by atoms with Gasteiger partial charge in [-0.15, -0.1) is 5.10 Å². The van der Waals surface area contributed by atoms with Crippen LogP contribution in [-0.2, 0) is 9.53 Å². The molecule has 156 valence electrons. The number of aromatic nitrogens is 2. The van der Waals surface area contributed by atoms with Gasteiger partial charge in [0.1, 0.15) is 11.9 Å². The van der Waals surface area contributed by atoms with Gasteiger partial charge in [0.25, 0.3) is 5.91 Å². The summed E-state index contributed by atoms with van der Waals surface area (Å²) in [5.74, 6) is -1.17. The van der Waals surface area contributed by atoms with Gasteiger partial charge in [-0.2, -0.15) is 0 Å². The lowest BCUT2D eigenvalue weighted by Gasteiger charge is -2.34. The summed E-state index contributed by atoms with van der Waals surface area (Å²) in [7, 11) is 0. The maximum Gasteiger partial charge on any atom is 0.276 e. The predicted octanol–water partition coefficient (Wildman–Crippen LogP) is 2.95. The second kappa shape index (κ2) is 8.96. The standard InChI is InChI=1S/C20H25FN4O3S/c1-20(2,3)22-18(26)17(13-6-8-14(21)9-7-13)25(11-15-5-4-10-28-15)19(27)16-12-29-24-23-16/h6-9,12,15,17H,4-5,10-11H2,1-3H3,(H,22,26). The van der Waals surface area contributed by atoms with Crippen LogP contribution in [0.5, 0.6) is 0 Å². The Morgan fingerprint density at radius 1 is 1.34 bits per heavy atom. The molecule has 1 aromatic heterocycles. The van der Waals surface area contributed by atoms with Crippen LogP contribution in [-0.4, -0.2) is 51.1 Å². The van der Waals surface area contributed by atoms with E-state index in [9.17, 15) is 14.0 Å². The van der Waals surface area contributed by atoms with E-state index in [-0.39, 0.29) is 24.2 Å². The Bertz CT molecular complexity index is 830. The van der Waals surface area contributed by atoms with Crippen molar-refractivity contribution in [1.82, 2.24) is 19.8 Å². The van der Waals surface area contributed by atoms with Crippen molar-refractivity contribution in [3.8, 4) is 0 Å². The van der Waals surface area contributed by atoms with E-state index in [2.05, 4.69) is 14.9 Å². The fourth-order valence-electron chi connectivity index (χ4n) is 3.27. The highest BCUT2D eigenvalue weighted by molar-refractivity contribution is 7.03. The fourth-order valence-corrected chi connectivity index (χ4v) is 3.70. The van der Waals surface area contributed by atoms with Gasteiger partial charge in [0.05, 0.1) is 6.10 Å². The molecular weight excluding hydrogens is 395 g/mol. The number of nitrogens with one attached hydrogen (secondary N) is 1. The van der Waals surface area contributed by atoms with E-state index in [1.165, 1.54) is 29.2 Å². The molecule has 1 N–H and O–H groups in total. The monoisotopic (exact) mass is 420 g/mol. The number of halogens is 1. The highest BCUT2D eigenvalue weighted by atomic mass is 32.1. The van der Waals surface area contributed by atoms with Crippen molar-refractivity contribution < 1.29 is 18.7 Å². The Morgan fingerprint density at radius 2 is 2.07 bits per heavy atom. The Kier molecular flexibility index (Phi) is 6.59. The molecule has 7 nitrogen and oxygen atoms in total. The number of rotatable bonds is 6. The SMILES string of the molecule is CC(C)(C)NC(=O)C(c1ccc(F)cc1)N(CC1CCCO1)C(=O)c1csnn1. The number of carbonyl (C=O) groups excluding carboxylic acids is 2. The molecule has 9 heteroatoms. The van der Waals surface area contributed by atoms with Gasteiger partial charge in [-0.05, 0) is 62.8 Å². The minimum atomic E-state index is -0.951. The zero-order chi connectivity index (χ0) is 21.0. The lowest BCUT2D eigenvalue weighted by molar-refractivity contribution is -0.127. The lowest BCUT2D eigenvalue weighted by Crippen LogP contribution is -2.51. The maximum atomic E-state index is 13.5. The summed E-state index contributed by atoms with van der Waals surface area (Å²) in [4.78, 5) is 28.0. The van der Waals surface area contributed by atoms with E-state index in [0.717, 1.165) is 24.4 Å². The van der Waals surface area contributed by atoms with Crippen molar-refractivity contribution in [2.75, 3.05) is 13.2 Å². The summed E-state index contributed by atoms with van der Waals surface area (Å²) in [5, 5.41) is 8.37. The van der Waals surface area contributed by atoms with E-state index in [4.69, 9.17) is 4.74 Å². The van der Waals surface area contributed by atoms with Gasteiger partial charge in [0, 0.05) is 24.1 Å². The van der Waals surface area contributed by atoms with Crippen LogP contribution in [0.1, 0.15) is 55.7 Å². The number of nitrogens with zero attached hydrogens (tertiary/aromatic N) is 3. The van der Waals surface area contributed by atoms with Crippen molar-refractivity contribution in [1.29, 1.82) is 0 Å². The minimum Gasteiger partial charge on any atom is -0.376 e. The third-order valence-corrected chi connectivity index (χ3v) is 5.01. The second-order valence-corrected chi connectivity index (χ2v) is 8.69. The molecule has 0 aliphatic carbocycles. The van der Waals surface area contributed by atoms with Crippen LogP contribution in [0.2, 0.25) is 0 Å². The fraction of sp³-hybridized carbons (Fsp3) is 0.500. The molecule has 0 bridgehead atoms. The summed E-state index contributed by atoms with van der Waals surface area (Å²) in [6.07, 6.45) is 1.53. The molecule has 1 fully saturated rings. The number of hydrogen-bond donors (Lipinski definition) is 1. The van der Waals surface area contributed by atoms with Crippen molar-refractivity contribution in [3.63, 3.8) is 0 Å². The Balaban J connectivity index is 2.00. The molecule has 2 aromatic rings. The van der Waals surface area contributed by atoms with Crippen molar-refractivity contribution in [2.45, 2.75) is 51.3 Å². The molecule has 0 spiro atoms. The minimum absolute atomic E-state index is 0.170. The van der Waals surface area contributed by atoms with E-state index in [1.807, 2.05) is 20.8 Å². The number of ether oxygens (including phenoxy) is 1. The maximum absolute atomic E-state index is 13.5. The first kappa shape index (κ1) is 21.3. The number of benzene rings is 1. The van der Waals surface area contributed by atoms with Gasteiger partial charge in [-0.1, -0.05) is 16.6 Å². The van der Waals surface area contributed by atoms with Gasteiger partial charge >= 0.3 is 0 Å². The summed E-state index contributed by atoms with van der Waals surface area (Å²) >= 11 is 1.07. The Morgan fingerprint density at radius 3 is 2.62 bits per heavy atom. The summed E-state index contributed by atoms with van der Waals surface area (Å²) in [6, 6.07) is 4.67. The highest BCUT2D eigenvalue weighted by Crippen LogP contribution is 2.27. The third-order valence-electron chi connectivity index (χ3n) is 4.51. The number of amides is 2. The molecule has 2 atom stereocenters. The van der Waals surface area contributed by atoms with E-state index in [0.29, 0.717) is 12.2 Å². The molecule has 2 amide bonds. The average Bonchev–Trinajstić information content (AvgIpc) is 3.34. The largest absolute Gasteiger partial charge is 0.376 e. The second-order valence-electron chi connectivity index (χ2n) is 8.08. The molecule has 2 unspecified atom stereocenters. The van der Waals surface area contributed by atoms with Gasteiger partial charge in [0.2, 0.25) is 5.91 Å². The topological polar surface area (TPSA) is 84.4 Å². The normalized spacial score (nSPS) is 17.7. The quantitative estimate of drug-likeness (QED) is 0.777. The molecule has 1 aromatic carbocycles. The van der Waals surface area contributed by atoms with Crippen LogP contribution in [0.3, 0.4) is 0 Å². The van der Waals surface area contributed by atoms with Crippen LogP contribution in [0.4, 0.5) is 4.39 Å². The Hall–Kier alpha value is -2.39. The van der Waals surface area contributed by atoms with Gasteiger partial charge < -0.3 is 15.0 Å². The first-order chi connectivity index (χ1) is 13.7. The number of hydrogen-bond acceptors (Lipinski definition) is 6. The molecular formula is C20H25FN4O3S. The van der Waals surface area contributed by atoms with Crippen LogP contribution in [0.15, 0.2) is 29.6 Å². The molecule has 1 saturated heterocycles. The van der Waals surface area contributed by atoms with Crippen molar-refractivity contribution >= 4 is 23.3 Å². The van der Waals surface area contributed by atoms with Gasteiger partial charge in [-0.3, -0.25) is 9.59 Å². The van der Waals surface area contributed by atoms with Gasteiger partial charge in [-0.25, -0.2) is 4.39 Å². The zero-order valence-electron chi connectivity index (χ0n) is 16.7. The average molecular weight is 421 g/mol. The highest BCUT2D eigenvalue weighted by Gasteiger charge is 2.36. The van der Waals surface area contributed by atoms with Crippen LogP contribution < -0.4 is 5.32 Å². The molecule has 1 aliphatic rings. The smallest absolute Gasteiger partial charge is 0.276 e. The molecule has 3 rings (SSSR count). The van der Waals surface area contributed by atoms with Crippen LogP contribution >= 0.6 is 11.5 Å². The van der Waals surface area contributed by atoms with E-state index in [1.54, 1.807) is 5.38 Å². The van der Waals surface area contributed by atoms with Crippen molar-refractivity contribution in [2.24, 2.45) is 0 Å². The predicted molar refractivity (Wildman–Crippen MR) is 107 cm³/mol. The van der Waals surface area contributed by atoms with Gasteiger partial charge in [0.15, 0.2) is 5.69 Å². The molecule has 29 heavy (non-hydrogen) atoms. The molecule has 0 saturated carbocycles. The molecule has 1 aliphatic heterocycles. The summed E-state index contributed by atoms with van der Waals surface area (Å²) in [6.45, 7) is 6.45. The summed E-state index contributed by atoms with van der Waals surface area (Å²) < 4.78 is 23.0. The van der Waals surface area contributed by atoms with Crippen molar-refractivity contribution in [3.05, 3.63) is 46.7 Å². The van der Waals surface area contributed by atoms with E-state index < -0.39 is 23.3 Å². The first-order valence-corrected chi connectivity index (χ1v) is 10.4. The lowest BCUT2D eigenvalue weighted by atomic mass is 10.0.